The molecule has 0 saturated carbocycles. The molecule has 0 saturated heterocycles. The van der Waals surface area contributed by atoms with Crippen LogP contribution in [-0.2, 0) is 0 Å². The van der Waals surface area contributed by atoms with Crippen LogP contribution in [0.5, 0.6) is 0 Å². The summed E-state index contributed by atoms with van der Waals surface area (Å²) in [6, 6.07) is 0. The van der Waals surface area contributed by atoms with Crippen LogP contribution in [0.25, 0.3) is 0 Å². The van der Waals surface area contributed by atoms with Crippen LogP contribution in [0.1, 0.15) is 26.2 Å². The van der Waals surface area contributed by atoms with Crippen molar-refractivity contribution in [3.8, 4) is 0 Å². The van der Waals surface area contributed by atoms with Crippen molar-refractivity contribution < 1.29 is 13.2 Å². The van der Waals surface area contributed by atoms with Crippen molar-refractivity contribution >= 4 is 0 Å². The molecule has 0 spiro atoms. The first-order valence-corrected chi connectivity index (χ1v) is 3.35. The second-order valence-corrected chi connectivity index (χ2v) is 2.27. The van der Waals surface area contributed by atoms with Gasteiger partial charge in [0.25, 0.3) is 5.92 Å². The van der Waals surface area contributed by atoms with Gasteiger partial charge in [-0.3, -0.25) is 0 Å². The zero-order chi connectivity index (χ0) is 8.20. The SMILES string of the molecule is [CH2]C[C@H](F)C(F)(F)CCC. The molecule has 0 aromatic rings. The molecule has 0 aliphatic heterocycles. The Hall–Kier alpha value is -0.210. The molecular weight excluding hydrogens is 141 g/mol. The molecule has 0 rings (SSSR count). The quantitative estimate of drug-likeness (QED) is 0.582. The maximum atomic E-state index is 12.4. The zero-order valence-electron chi connectivity index (χ0n) is 6.04. The van der Waals surface area contributed by atoms with Gasteiger partial charge >= 0.3 is 0 Å². The molecule has 0 bridgehead atoms. The first kappa shape index (κ1) is 9.79. The topological polar surface area (TPSA) is 0 Å². The number of halogens is 3. The van der Waals surface area contributed by atoms with Crippen LogP contribution in [-0.4, -0.2) is 12.1 Å². The van der Waals surface area contributed by atoms with E-state index in [0.29, 0.717) is 6.42 Å². The third-order valence-corrected chi connectivity index (χ3v) is 1.30. The lowest BCUT2D eigenvalue weighted by Crippen LogP contribution is -2.28. The van der Waals surface area contributed by atoms with Crippen LogP contribution in [0.2, 0.25) is 0 Å². The molecule has 1 radical (unpaired) electrons. The first-order chi connectivity index (χ1) is 4.54. The van der Waals surface area contributed by atoms with Crippen LogP contribution in [0.15, 0.2) is 0 Å². The summed E-state index contributed by atoms with van der Waals surface area (Å²) < 4.78 is 37.1. The fourth-order valence-corrected chi connectivity index (χ4v) is 0.701. The summed E-state index contributed by atoms with van der Waals surface area (Å²) in [5.41, 5.74) is 0. The minimum absolute atomic E-state index is 0.299. The van der Waals surface area contributed by atoms with Crippen molar-refractivity contribution in [3.05, 3.63) is 6.92 Å². The van der Waals surface area contributed by atoms with Crippen LogP contribution in [0.3, 0.4) is 0 Å². The van der Waals surface area contributed by atoms with E-state index in [1.165, 1.54) is 0 Å². The van der Waals surface area contributed by atoms with Crippen molar-refractivity contribution in [2.75, 3.05) is 0 Å². The van der Waals surface area contributed by atoms with E-state index in [1.54, 1.807) is 6.92 Å². The van der Waals surface area contributed by atoms with Gasteiger partial charge in [0, 0.05) is 6.42 Å². The lowest BCUT2D eigenvalue weighted by molar-refractivity contribution is -0.0775. The normalized spacial score (nSPS) is 15.3. The number of hydrogen-bond acceptors (Lipinski definition) is 0. The van der Waals surface area contributed by atoms with Crippen LogP contribution >= 0.6 is 0 Å². The maximum absolute atomic E-state index is 12.4. The van der Waals surface area contributed by atoms with Gasteiger partial charge < -0.3 is 0 Å². The second-order valence-electron chi connectivity index (χ2n) is 2.27. The van der Waals surface area contributed by atoms with E-state index in [4.69, 9.17) is 0 Å². The second kappa shape index (κ2) is 3.84. The molecule has 1 atom stereocenters. The largest absolute Gasteiger partial charge is 0.278 e. The van der Waals surface area contributed by atoms with Gasteiger partial charge in [0.15, 0.2) is 6.17 Å². The smallest absolute Gasteiger partial charge is 0.241 e. The van der Waals surface area contributed by atoms with Crippen molar-refractivity contribution in [2.24, 2.45) is 0 Å². The molecule has 0 N–H and O–H groups in total. The van der Waals surface area contributed by atoms with E-state index in [9.17, 15) is 13.2 Å². The minimum atomic E-state index is -3.17. The lowest BCUT2D eigenvalue weighted by Gasteiger charge is -2.18. The Morgan fingerprint density at radius 3 is 2.30 bits per heavy atom. The summed E-state index contributed by atoms with van der Waals surface area (Å²) in [4.78, 5) is 0. The van der Waals surface area contributed by atoms with E-state index in [-0.39, 0.29) is 12.8 Å². The fourth-order valence-electron chi connectivity index (χ4n) is 0.701. The molecule has 0 aromatic heterocycles. The van der Waals surface area contributed by atoms with E-state index in [0.717, 1.165) is 0 Å². The molecule has 0 amide bonds. The Balaban J connectivity index is 3.82. The first-order valence-electron chi connectivity index (χ1n) is 3.35. The molecule has 0 aliphatic rings. The van der Waals surface area contributed by atoms with Gasteiger partial charge in [-0.15, -0.1) is 0 Å². The number of rotatable bonds is 4. The average Bonchev–Trinajstić information content (AvgIpc) is 1.86. The van der Waals surface area contributed by atoms with Crippen molar-refractivity contribution in [1.82, 2.24) is 0 Å². The predicted octanol–water partition coefficient (Wildman–Crippen LogP) is 2.98. The van der Waals surface area contributed by atoms with Crippen LogP contribution < -0.4 is 0 Å². The standard InChI is InChI=1S/C7H12F3/c1-3-5-7(9,10)6(8)4-2/h6H,2-5H2,1H3/t6-/m0/s1. The zero-order valence-corrected chi connectivity index (χ0v) is 6.04. The van der Waals surface area contributed by atoms with Gasteiger partial charge in [0.2, 0.25) is 0 Å². The highest BCUT2D eigenvalue weighted by atomic mass is 19.3. The molecule has 0 heterocycles. The summed E-state index contributed by atoms with van der Waals surface area (Å²) in [6.07, 6.45) is -2.52. The van der Waals surface area contributed by atoms with Crippen LogP contribution in [0, 0.1) is 6.92 Å². The molecule has 61 valence electrons. The van der Waals surface area contributed by atoms with Crippen molar-refractivity contribution in [2.45, 2.75) is 38.3 Å². The average molecular weight is 153 g/mol. The summed E-state index contributed by atoms with van der Waals surface area (Å²) in [5, 5.41) is 0. The Bertz CT molecular complexity index is 90.9. The summed E-state index contributed by atoms with van der Waals surface area (Å²) in [5.74, 6) is -3.17. The van der Waals surface area contributed by atoms with E-state index in [1.807, 2.05) is 0 Å². The third-order valence-electron chi connectivity index (χ3n) is 1.30. The van der Waals surface area contributed by atoms with Crippen molar-refractivity contribution in [1.29, 1.82) is 0 Å². The molecule has 0 unspecified atom stereocenters. The van der Waals surface area contributed by atoms with Gasteiger partial charge in [-0.05, 0) is 6.42 Å². The van der Waals surface area contributed by atoms with E-state index >= 15 is 0 Å². The maximum Gasteiger partial charge on any atom is 0.278 e. The third kappa shape index (κ3) is 2.58. The van der Waals surface area contributed by atoms with E-state index in [2.05, 4.69) is 6.92 Å². The van der Waals surface area contributed by atoms with Gasteiger partial charge in [-0.2, -0.15) is 0 Å². The summed E-state index contributed by atoms with van der Waals surface area (Å²) in [7, 11) is 0. The summed E-state index contributed by atoms with van der Waals surface area (Å²) >= 11 is 0. The Labute approximate surface area is 59.4 Å². The van der Waals surface area contributed by atoms with Gasteiger partial charge in [-0.1, -0.05) is 20.3 Å². The monoisotopic (exact) mass is 153 g/mol. The minimum Gasteiger partial charge on any atom is -0.241 e. The highest BCUT2D eigenvalue weighted by Crippen LogP contribution is 2.28. The molecule has 0 aliphatic carbocycles. The molecule has 3 heteroatoms. The van der Waals surface area contributed by atoms with Gasteiger partial charge in [0.05, 0.1) is 0 Å². The number of hydrogen-bond donors (Lipinski definition) is 0. The highest BCUT2D eigenvalue weighted by Gasteiger charge is 2.37. The molecule has 0 fully saturated rings. The Morgan fingerprint density at radius 1 is 1.50 bits per heavy atom. The van der Waals surface area contributed by atoms with Crippen LogP contribution in [0.4, 0.5) is 13.2 Å². The molecule has 0 nitrogen and oxygen atoms in total. The lowest BCUT2D eigenvalue weighted by atomic mass is 10.1. The number of alkyl halides is 3. The highest BCUT2D eigenvalue weighted by molar-refractivity contribution is 4.76. The van der Waals surface area contributed by atoms with Gasteiger partial charge in [-0.25, -0.2) is 13.2 Å². The molecule has 10 heavy (non-hydrogen) atoms. The summed E-state index contributed by atoms with van der Waals surface area (Å²) in [6.45, 7) is 4.68. The van der Waals surface area contributed by atoms with Crippen molar-refractivity contribution in [3.63, 3.8) is 0 Å². The Morgan fingerprint density at radius 2 is 2.00 bits per heavy atom. The molecular formula is C7H12F3. The molecule has 0 aromatic carbocycles. The fraction of sp³-hybridized carbons (Fsp3) is 0.857. The van der Waals surface area contributed by atoms with Gasteiger partial charge in [0.1, 0.15) is 0 Å². The predicted molar refractivity (Wildman–Crippen MR) is 34.7 cm³/mol. The Kier molecular flexibility index (Phi) is 3.76. The van der Waals surface area contributed by atoms with E-state index < -0.39 is 12.1 Å².